The van der Waals surface area contributed by atoms with E-state index in [1.54, 1.807) is 0 Å². The topological polar surface area (TPSA) is 78.9 Å². The molecule has 1 atom stereocenters. The Kier molecular flexibility index (Phi) is 43.0. The van der Waals surface area contributed by atoms with Crippen LogP contribution in [0.5, 0.6) is 0 Å². The third-order valence-corrected chi connectivity index (χ3v) is 9.68. The van der Waals surface area contributed by atoms with Crippen LogP contribution in [0, 0.1) is 0 Å². The zero-order valence-corrected chi connectivity index (χ0v) is 37.1. The van der Waals surface area contributed by atoms with Crippen LogP contribution in [0.1, 0.15) is 213 Å². The Morgan fingerprint density at radius 2 is 0.719 bits per heavy atom. The van der Waals surface area contributed by atoms with Crippen LogP contribution in [0.15, 0.2) is 72.9 Å². The maximum absolute atomic E-state index is 12.7. The van der Waals surface area contributed by atoms with E-state index in [9.17, 15) is 14.4 Å². The molecule has 0 saturated carbocycles. The van der Waals surface area contributed by atoms with Gasteiger partial charge in [-0.05, 0) is 83.5 Å². The Labute approximate surface area is 351 Å². The molecule has 326 valence electrons. The molecule has 0 heterocycles. The fourth-order valence-electron chi connectivity index (χ4n) is 6.17. The highest BCUT2D eigenvalue weighted by Crippen LogP contribution is 2.14. The van der Waals surface area contributed by atoms with Crippen LogP contribution in [0.2, 0.25) is 0 Å². The lowest BCUT2D eigenvalue weighted by Gasteiger charge is -2.18. The van der Waals surface area contributed by atoms with Crippen LogP contribution < -0.4 is 0 Å². The summed E-state index contributed by atoms with van der Waals surface area (Å²) in [6, 6.07) is 0. The predicted octanol–water partition coefficient (Wildman–Crippen LogP) is 15.1. The van der Waals surface area contributed by atoms with Gasteiger partial charge in [-0.1, -0.05) is 184 Å². The first kappa shape index (κ1) is 53.9. The average Bonchev–Trinajstić information content (AvgIpc) is 3.21. The number of hydrogen-bond donors (Lipinski definition) is 0. The van der Waals surface area contributed by atoms with Crippen LogP contribution in [0.4, 0.5) is 0 Å². The number of hydrogen-bond acceptors (Lipinski definition) is 6. The maximum atomic E-state index is 12.7. The average molecular weight is 795 g/mol. The highest BCUT2D eigenvalue weighted by Gasteiger charge is 2.19. The van der Waals surface area contributed by atoms with Crippen molar-refractivity contribution in [3.05, 3.63) is 72.9 Å². The van der Waals surface area contributed by atoms with Crippen LogP contribution in [-0.4, -0.2) is 37.2 Å². The Morgan fingerprint density at radius 1 is 0.368 bits per heavy atom. The van der Waals surface area contributed by atoms with Crippen molar-refractivity contribution in [1.29, 1.82) is 0 Å². The van der Waals surface area contributed by atoms with E-state index in [4.69, 9.17) is 14.2 Å². The highest BCUT2D eigenvalue weighted by molar-refractivity contribution is 5.71. The summed E-state index contributed by atoms with van der Waals surface area (Å²) < 4.78 is 16.7. The van der Waals surface area contributed by atoms with Gasteiger partial charge in [-0.15, -0.1) is 0 Å². The molecule has 0 aromatic carbocycles. The lowest BCUT2D eigenvalue weighted by molar-refractivity contribution is -0.167. The predicted molar refractivity (Wildman–Crippen MR) is 242 cm³/mol. The molecule has 0 fully saturated rings. The summed E-state index contributed by atoms with van der Waals surface area (Å²) in [5.74, 6) is -0.956. The highest BCUT2D eigenvalue weighted by atomic mass is 16.6. The second-order valence-electron chi connectivity index (χ2n) is 15.3. The first-order valence-electron chi connectivity index (χ1n) is 23.4. The third-order valence-electron chi connectivity index (χ3n) is 9.68. The molecule has 0 spiro atoms. The van der Waals surface area contributed by atoms with Gasteiger partial charge in [0.2, 0.25) is 0 Å². The summed E-state index contributed by atoms with van der Waals surface area (Å²) in [7, 11) is 0. The molecule has 0 saturated heterocycles. The number of rotatable bonds is 41. The minimum absolute atomic E-state index is 0.0936. The van der Waals surface area contributed by atoms with Crippen LogP contribution in [0.25, 0.3) is 0 Å². The van der Waals surface area contributed by atoms with Crippen LogP contribution >= 0.6 is 0 Å². The molecule has 0 rings (SSSR count). The molecule has 0 aliphatic carbocycles. The second-order valence-corrected chi connectivity index (χ2v) is 15.3. The third kappa shape index (κ3) is 43.8. The van der Waals surface area contributed by atoms with Gasteiger partial charge in [0, 0.05) is 19.3 Å². The van der Waals surface area contributed by atoms with E-state index in [0.717, 1.165) is 116 Å². The molecule has 0 bridgehead atoms. The summed E-state index contributed by atoms with van der Waals surface area (Å²) in [6.45, 7) is 6.39. The zero-order chi connectivity index (χ0) is 41.5. The molecule has 0 aliphatic heterocycles. The van der Waals surface area contributed by atoms with Gasteiger partial charge in [0.15, 0.2) is 6.10 Å². The number of ether oxygens (including phenoxy) is 3. The molecule has 0 aromatic rings. The van der Waals surface area contributed by atoms with Crippen molar-refractivity contribution in [2.24, 2.45) is 0 Å². The number of unbranched alkanes of at least 4 members (excludes halogenated alkanes) is 18. The Hall–Kier alpha value is -3.15. The number of esters is 3. The smallest absolute Gasteiger partial charge is 0.306 e. The number of carbonyl (C=O) groups excluding carboxylic acids is 3. The number of carbonyl (C=O) groups is 3. The molecular weight excluding hydrogens is 709 g/mol. The van der Waals surface area contributed by atoms with Gasteiger partial charge < -0.3 is 14.2 Å². The van der Waals surface area contributed by atoms with E-state index >= 15 is 0 Å². The normalized spacial score (nSPS) is 12.7. The molecule has 1 unspecified atom stereocenters. The summed E-state index contributed by atoms with van der Waals surface area (Å²) in [5, 5.41) is 0. The van der Waals surface area contributed by atoms with Gasteiger partial charge in [0.25, 0.3) is 0 Å². The minimum Gasteiger partial charge on any atom is -0.462 e. The van der Waals surface area contributed by atoms with E-state index in [0.29, 0.717) is 19.3 Å². The first-order valence-corrected chi connectivity index (χ1v) is 23.4. The summed E-state index contributed by atoms with van der Waals surface area (Å²) in [5.41, 5.74) is 0. The van der Waals surface area contributed by atoms with Crippen molar-refractivity contribution in [2.75, 3.05) is 13.2 Å². The standard InChI is InChI=1S/C51H86O6/c1-4-7-10-13-16-19-22-24-25-27-29-32-35-38-41-44-50(53)56-47-48(46-55-49(52)43-40-37-34-31-28-21-18-15-12-9-6-3)57-51(54)45-42-39-36-33-30-26-23-20-17-14-11-8-5-2/h7,10-11,14,16,19-20,23-25,29,32,48H,4-6,8-9,12-13,15,17-18,21-22,26-28,30-31,33-47H2,1-3H3/b10-7-,14-11-,19-16-,23-20-,25-24-,32-29-. The maximum Gasteiger partial charge on any atom is 0.306 e. The Balaban J connectivity index is 4.47. The molecule has 6 heteroatoms. The molecule has 6 nitrogen and oxygen atoms in total. The summed E-state index contributed by atoms with van der Waals surface area (Å²) >= 11 is 0. The van der Waals surface area contributed by atoms with Crippen molar-refractivity contribution in [1.82, 2.24) is 0 Å². The van der Waals surface area contributed by atoms with Crippen molar-refractivity contribution >= 4 is 17.9 Å². The zero-order valence-electron chi connectivity index (χ0n) is 37.1. The molecule has 0 radical (unpaired) electrons. The quantitative estimate of drug-likeness (QED) is 0.0265. The fourth-order valence-corrected chi connectivity index (χ4v) is 6.17. The summed E-state index contributed by atoms with van der Waals surface area (Å²) in [4.78, 5) is 37.8. The number of allylic oxidation sites excluding steroid dienone is 12. The van der Waals surface area contributed by atoms with Crippen molar-refractivity contribution in [3.63, 3.8) is 0 Å². The van der Waals surface area contributed by atoms with Gasteiger partial charge in [-0.3, -0.25) is 14.4 Å². The molecule has 0 N–H and O–H groups in total. The van der Waals surface area contributed by atoms with E-state index in [1.807, 2.05) is 0 Å². The van der Waals surface area contributed by atoms with Crippen LogP contribution in [0.3, 0.4) is 0 Å². The molecule has 0 amide bonds. The van der Waals surface area contributed by atoms with Crippen LogP contribution in [-0.2, 0) is 28.6 Å². The molecular formula is C51H86O6. The monoisotopic (exact) mass is 795 g/mol. The SMILES string of the molecule is CC/C=C\C/C=C\C/C=C\C/C=C\CCCCC(=O)OCC(COC(=O)CCCCCCCCCCCCC)OC(=O)CCCCCCC/C=C\C/C=C\CCC. The van der Waals surface area contributed by atoms with E-state index in [1.165, 1.54) is 57.8 Å². The molecule has 57 heavy (non-hydrogen) atoms. The van der Waals surface area contributed by atoms with Gasteiger partial charge in [-0.25, -0.2) is 0 Å². The van der Waals surface area contributed by atoms with Gasteiger partial charge in [-0.2, -0.15) is 0 Å². The summed E-state index contributed by atoms with van der Waals surface area (Å²) in [6.07, 6.45) is 56.0. The first-order chi connectivity index (χ1) is 28.0. The van der Waals surface area contributed by atoms with E-state index in [2.05, 4.69) is 93.7 Å². The molecule has 0 aliphatic rings. The van der Waals surface area contributed by atoms with Crippen molar-refractivity contribution in [2.45, 2.75) is 219 Å². The van der Waals surface area contributed by atoms with E-state index in [-0.39, 0.29) is 31.1 Å². The fraction of sp³-hybridized carbons (Fsp3) is 0.706. The van der Waals surface area contributed by atoms with Crippen molar-refractivity contribution < 1.29 is 28.6 Å². The van der Waals surface area contributed by atoms with Crippen molar-refractivity contribution in [3.8, 4) is 0 Å². The second kappa shape index (κ2) is 45.6. The van der Waals surface area contributed by atoms with E-state index < -0.39 is 6.10 Å². The largest absolute Gasteiger partial charge is 0.462 e. The van der Waals surface area contributed by atoms with Gasteiger partial charge in [0.1, 0.15) is 13.2 Å². The minimum atomic E-state index is -0.796. The Bertz CT molecular complexity index is 1100. The van der Waals surface area contributed by atoms with Gasteiger partial charge >= 0.3 is 17.9 Å². The Morgan fingerprint density at radius 3 is 1.18 bits per heavy atom. The molecule has 0 aromatic heterocycles. The van der Waals surface area contributed by atoms with Gasteiger partial charge in [0.05, 0.1) is 0 Å². The lowest BCUT2D eigenvalue weighted by Crippen LogP contribution is -2.30. The lowest BCUT2D eigenvalue weighted by atomic mass is 10.1.